The summed E-state index contributed by atoms with van der Waals surface area (Å²) in [7, 11) is 0. The van der Waals surface area contributed by atoms with Gasteiger partial charge >= 0.3 is 0 Å². The lowest BCUT2D eigenvalue weighted by molar-refractivity contribution is 0.281. The molecule has 0 N–H and O–H groups in total. The van der Waals surface area contributed by atoms with E-state index in [-0.39, 0.29) is 0 Å². The third kappa shape index (κ3) is 6.39. The lowest BCUT2D eigenvalue weighted by Crippen LogP contribution is -2.29. The molecule has 11 aromatic rings. The van der Waals surface area contributed by atoms with Crippen molar-refractivity contribution >= 4 is 76.6 Å². The van der Waals surface area contributed by atoms with Gasteiger partial charge in [0.25, 0.3) is 0 Å². The largest absolute Gasteiger partial charge is 0.458 e. The monoisotopic (exact) mass is 922 g/mol. The van der Waals surface area contributed by atoms with Crippen molar-refractivity contribution in [3.63, 3.8) is 0 Å². The topological polar surface area (TPSA) is 24.9 Å². The molecule has 2 aliphatic carbocycles. The van der Waals surface area contributed by atoms with Crippen LogP contribution in [0, 0.1) is 0 Å². The molecule has 340 valence electrons. The number of allylic oxidation sites excluding steroid dienone is 6. The lowest BCUT2D eigenvalue weighted by atomic mass is 9.84. The zero-order valence-electron chi connectivity index (χ0n) is 39.5. The molecule has 4 heteroatoms. The average Bonchev–Trinajstić information content (AvgIpc) is 3.45. The first-order valence-electron chi connectivity index (χ1n) is 25.2. The molecule has 0 spiro atoms. The maximum atomic E-state index is 6.66. The Morgan fingerprint density at radius 2 is 0.944 bits per heavy atom. The predicted molar refractivity (Wildman–Crippen MR) is 299 cm³/mol. The Morgan fingerprint density at radius 1 is 0.361 bits per heavy atom. The summed E-state index contributed by atoms with van der Waals surface area (Å²) in [5, 5.41) is 12.2. The molecule has 0 amide bonds. The quantitative estimate of drug-likeness (QED) is 0.127. The van der Waals surface area contributed by atoms with Gasteiger partial charge in [-0.05, 0) is 179 Å². The van der Waals surface area contributed by atoms with E-state index in [0.717, 1.165) is 82.7 Å². The summed E-state index contributed by atoms with van der Waals surface area (Å²) in [6.07, 6.45) is 12.7. The molecule has 2 heterocycles. The van der Waals surface area contributed by atoms with Crippen molar-refractivity contribution in [2.75, 3.05) is 9.80 Å². The van der Waals surface area contributed by atoms with Crippen LogP contribution in [0.3, 0.4) is 0 Å². The molecule has 4 nitrogen and oxygen atoms in total. The van der Waals surface area contributed by atoms with Gasteiger partial charge in [0.2, 0.25) is 0 Å². The van der Waals surface area contributed by atoms with Crippen molar-refractivity contribution in [2.24, 2.45) is 0 Å². The van der Waals surface area contributed by atoms with Crippen molar-refractivity contribution in [3.05, 3.63) is 253 Å². The molecule has 0 radical (unpaired) electrons. The van der Waals surface area contributed by atoms with E-state index in [4.69, 9.17) is 9.47 Å². The summed E-state index contributed by atoms with van der Waals surface area (Å²) in [5.41, 5.74) is 13.7. The van der Waals surface area contributed by atoms with Gasteiger partial charge in [-0.1, -0.05) is 158 Å². The Bertz CT molecular complexity index is 4190. The standard InChI is InChI=1S/C68H46N2O2/c1-2-16-46-39-48(34-29-43(46)15-1)68-55-38-36-49(69-59-21-7-11-25-63(59)71-64-26-12-8-22-60(64)69)41-57(55)67(45-32-30-44(31-33-45)56-40-47-17-3-4-18-51(47)52-19-5-6-20-53(52)56)54-37-35-50(42-58(54)68)70-61-23-9-13-27-65(61)72-66-28-14-10-24-62(66)70/h1-9,11-12,14-23,25-26,28-42H,10,13,24,27H2. The van der Waals surface area contributed by atoms with Crippen LogP contribution in [0.1, 0.15) is 25.7 Å². The summed E-state index contributed by atoms with van der Waals surface area (Å²) >= 11 is 0. The summed E-state index contributed by atoms with van der Waals surface area (Å²) in [5.74, 6) is 3.66. The van der Waals surface area contributed by atoms with Crippen molar-refractivity contribution in [3.8, 4) is 44.9 Å². The van der Waals surface area contributed by atoms with Crippen molar-refractivity contribution in [1.82, 2.24) is 0 Å². The molecular weight excluding hydrogens is 877 g/mol. The Hall–Kier alpha value is -9.12. The van der Waals surface area contributed by atoms with E-state index >= 15 is 0 Å². The number of rotatable bonds is 5. The van der Waals surface area contributed by atoms with Crippen LogP contribution in [-0.2, 0) is 4.74 Å². The zero-order valence-corrected chi connectivity index (χ0v) is 39.5. The summed E-state index contributed by atoms with van der Waals surface area (Å²) in [4.78, 5) is 4.85. The minimum absolute atomic E-state index is 0.831. The van der Waals surface area contributed by atoms with E-state index in [0.29, 0.717) is 0 Å². The van der Waals surface area contributed by atoms with Gasteiger partial charge in [-0.3, -0.25) is 0 Å². The third-order valence-electron chi connectivity index (χ3n) is 15.3. The predicted octanol–water partition coefficient (Wildman–Crippen LogP) is 19.0. The minimum atomic E-state index is 0.831. The normalized spacial score (nSPS) is 14.9. The van der Waals surface area contributed by atoms with Crippen LogP contribution >= 0.6 is 0 Å². The first-order valence-corrected chi connectivity index (χ1v) is 25.2. The molecule has 15 rings (SSSR count). The third-order valence-corrected chi connectivity index (χ3v) is 15.3. The van der Waals surface area contributed by atoms with Crippen LogP contribution in [0.2, 0.25) is 0 Å². The minimum Gasteiger partial charge on any atom is -0.458 e. The van der Waals surface area contributed by atoms with Crippen molar-refractivity contribution in [1.29, 1.82) is 0 Å². The maximum absolute atomic E-state index is 6.66. The average molecular weight is 923 g/mol. The first kappa shape index (κ1) is 40.7. The highest BCUT2D eigenvalue weighted by atomic mass is 16.5. The highest BCUT2D eigenvalue weighted by Crippen LogP contribution is 2.53. The van der Waals surface area contributed by atoms with Gasteiger partial charge in [0.1, 0.15) is 11.5 Å². The number of anilines is 4. The molecule has 0 bridgehead atoms. The molecule has 0 unspecified atom stereocenters. The lowest BCUT2D eigenvalue weighted by Gasteiger charge is -2.38. The van der Waals surface area contributed by atoms with Gasteiger partial charge in [0, 0.05) is 17.8 Å². The van der Waals surface area contributed by atoms with E-state index in [1.807, 2.05) is 12.1 Å². The molecule has 4 aliphatic rings. The second-order valence-corrected chi connectivity index (χ2v) is 19.4. The fourth-order valence-electron chi connectivity index (χ4n) is 12.0. The fraction of sp³-hybridized carbons (Fsp3) is 0.0588. The van der Waals surface area contributed by atoms with E-state index in [1.54, 1.807) is 0 Å². The number of fused-ring (bicyclic) bond motifs is 8. The SMILES string of the molecule is C1=CC2=C(CC1)OC1=C(CCC=C1)N2c1ccc2c(-c3ccc(-c4cc5ccccc5c5ccccc45)cc3)c3cc(N4c5ccccc5Oc5ccccc54)ccc3c(-c3ccc4ccccc4c3)c2c1. The molecule has 72 heavy (non-hydrogen) atoms. The summed E-state index contributed by atoms with van der Waals surface area (Å²) in [6, 6.07) is 76.0. The smallest absolute Gasteiger partial charge is 0.151 e. The van der Waals surface area contributed by atoms with Crippen LogP contribution in [-0.4, -0.2) is 0 Å². The Balaban J connectivity index is 1.02. The molecule has 2 aliphatic heterocycles. The van der Waals surface area contributed by atoms with E-state index in [1.165, 1.54) is 87.4 Å². The van der Waals surface area contributed by atoms with Crippen molar-refractivity contribution < 1.29 is 9.47 Å². The molecular formula is C68H46N2O2. The van der Waals surface area contributed by atoms with Gasteiger partial charge in [-0.15, -0.1) is 0 Å². The Morgan fingerprint density at radius 3 is 1.71 bits per heavy atom. The number of hydrogen-bond acceptors (Lipinski definition) is 4. The van der Waals surface area contributed by atoms with E-state index in [9.17, 15) is 0 Å². The first-order chi connectivity index (χ1) is 35.7. The number of para-hydroxylation sites is 4. The highest BCUT2D eigenvalue weighted by molar-refractivity contribution is 6.23. The molecule has 0 saturated carbocycles. The van der Waals surface area contributed by atoms with Gasteiger partial charge < -0.3 is 19.3 Å². The van der Waals surface area contributed by atoms with Crippen LogP contribution in [0.25, 0.3) is 87.2 Å². The molecule has 0 aromatic heterocycles. The van der Waals surface area contributed by atoms with E-state index < -0.39 is 0 Å². The van der Waals surface area contributed by atoms with E-state index in [2.05, 4.69) is 228 Å². The Labute approximate surface area is 417 Å². The summed E-state index contributed by atoms with van der Waals surface area (Å²) < 4.78 is 13.2. The molecule has 0 fully saturated rings. The zero-order chi connectivity index (χ0) is 47.3. The van der Waals surface area contributed by atoms with Gasteiger partial charge in [0.15, 0.2) is 11.5 Å². The summed E-state index contributed by atoms with van der Waals surface area (Å²) in [6.45, 7) is 0. The van der Waals surface area contributed by atoms with Crippen LogP contribution in [0.15, 0.2) is 253 Å². The van der Waals surface area contributed by atoms with Gasteiger partial charge in [0.05, 0.1) is 22.8 Å². The van der Waals surface area contributed by atoms with Gasteiger partial charge in [-0.25, -0.2) is 0 Å². The molecule has 0 saturated heterocycles. The van der Waals surface area contributed by atoms with Gasteiger partial charge in [-0.2, -0.15) is 0 Å². The second kappa shape index (κ2) is 16.2. The van der Waals surface area contributed by atoms with Crippen LogP contribution in [0.4, 0.5) is 22.7 Å². The highest BCUT2D eigenvalue weighted by Gasteiger charge is 2.32. The van der Waals surface area contributed by atoms with Crippen molar-refractivity contribution in [2.45, 2.75) is 25.7 Å². The number of hydrogen-bond donors (Lipinski definition) is 0. The number of ether oxygens (including phenoxy) is 2. The second-order valence-electron chi connectivity index (χ2n) is 19.4. The number of nitrogens with zero attached hydrogens (tertiary/aromatic N) is 2. The Kier molecular flexibility index (Phi) is 9.18. The van der Waals surface area contributed by atoms with Crippen LogP contribution < -0.4 is 14.5 Å². The maximum Gasteiger partial charge on any atom is 0.151 e. The number of benzene rings is 11. The molecule has 0 atom stereocenters. The molecule has 11 aromatic carbocycles. The fourth-order valence-corrected chi connectivity index (χ4v) is 12.0. The van der Waals surface area contributed by atoms with Crippen LogP contribution in [0.5, 0.6) is 11.5 Å².